The van der Waals surface area contributed by atoms with Gasteiger partial charge in [-0.25, -0.2) is 4.39 Å². The van der Waals surface area contributed by atoms with Crippen LogP contribution < -0.4 is 0 Å². The van der Waals surface area contributed by atoms with Crippen molar-refractivity contribution in [1.29, 1.82) is 0 Å². The summed E-state index contributed by atoms with van der Waals surface area (Å²) in [6, 6.07) is 8.76. The molecule has 0 amide bonds. The average Bonchev–Trinajstić information content (AvgIpc) is 2.31. The molecular formula is C13H6Cl3FO. The van der Waals surface area contributed by atoms with E-state index in [1.54, 1.807) is 18.2 Å². The summed E-state index contributed by atoms with van der Waals surface area (Å²) in [5.41, 5.74) is 1.26. The molecule has 0 aromatic heterocycles. The van der Waals surface area contributed by atoms with Crippen molar-refractivity contribution < 1.29 is 9.18 Å². The van der Waals surface area contributed by atoms with E-state index >= 15 is 0 Å². The van der Waals surface area contributed by atoms with E-state index in [4.69, 9.17) is 34.8 Å². The highest BCUT2D eigenvalue weighted by Crippen LogP contribution is 2.29. The Labute approximate surface area is 118 Å². The molecule has 0 N–H and O–H groups in total. The van der Waals surface area contributed by atoms with Crippen LogP contribution in [-0.4, -0.2) is 5.24 Å². The van der Waals surface area contributed by atoms with Crippen LogP contribution in [0.5, 0.6) is 0 Å². The zero-order valence-corrected chi connectivity index (χ0v) is 11.2. The Morgan fingerprint density at radius 3 is 2.28 bits per heavy atom. The second-order valence-corrected chi connectivity index (χ2v) is 4.79. The smallest absolute Gasteiger partial charge is 0.252 e. The van der Waals surface area contributed by atoms with Crippen molar-refractivity contribution in [2.45, 2.75) is 0 Å². The number of hydrogen-bond donors (Lipinski definition) is 0. The molecule has 0 unspecified atom stereocenters. The van der Waals surface area contributed by atoms with Gasteiger partial charge in [-0.3, -0.25) is 4.79 Å². The van der Waals surface area contributed by atoms with Crippen molar-refractivity contribution in [3.05, 3.63) is 57.8 Å². The molecule has 0 atom stereocenters. The van der Waals surface area contributed by atoms with Gasteiger partial charge in [-0.05, 0) is 53.1 Å². The lowest BCUT2D eigenvalue weighted by Gasteiger charge is -2.05. The lowest BCUT2D eigenvalue weighted by molar-refractivity contribution is 0.108. The first-order chi connectivity index (χ1) is 8.47. The van der Waals surface area contributed by atoms with Gasteiger partial charge in [0.15, 0.2) is 0 Å². The number of halogens is 4. The van der Waals surface area contributed by atoms with Crippen molar-refractivity contribution in [2.24, 2.45) is 0 Å². The summed E-state index contributed by atoms with van der Waals surface area (Å²) < 4.78 is 13.4. The minimum Gasteiger partial charge on any atom is -0.276 e. The lowest BCUT2D eigenvalue weighted by Crippen LogP contribution is -1.92. The van der Waals surface area contributed by atoms with Crippen molar-refractivity contribution in [3.63, 3.8) is 0 Å². The lowest BCUT2D eigenvalue weighted by atomic mass is 10.0. The number of carbonyl (C=O) groups excluding carboxylic acids is 1. The molecule has 0 aliphatic heterocycles. The molecule has 18 heavy (non-hydrogen) atoms. The van der Waals surface area contributed by atoms with Crippen molar-refractivity contribution in [3.8, 4) is 11.1 Å². The molecular weight excluding hydrogens is 297 g/mol. The topological polar surface area (TPSA) is 17.1 Å². The summed E-state index contributed by atoms with van der Waals surface area (Å²) in [6.45, 7) is 0. The summed E-state index contributed by atoms with van der Waals surface area (Å²) in [4.78, 5) is 11.1. The van der Waals surface area contributed by atoms with Crippen molar-refractivity contribution >= 4 is 40.0 Å². The minimum atomic E-state index is -0.712. The Bertz CT molecular complexity index is 626. The molecule has 92 valence electrons. The highest BCUT2D eigenvalue weighted by atomic mass is 35.5. The van der Waals surface area contributed by atoms with Gasteiger partial charge >= 0.3 is 0 Å². The molecule has 0 radical (unpaired) electrons. The Hall–Kier alpha value is -1.09. The predicted octanol–water partition coefficient (Wildman–Crippen LogP) is 5.18. The summed E-state index contributed by atoms with van der Waals surface area (Å²) in [5, 5.41) is 0.0541. The third kappa shape index (κ3) is 2.83. The molecule has 0 spiro atoms. The van der Waals surface area contributed by atoms with Gasteiger partial charge in [-0.2, -0.15) is 0 Å². The maximum Gasteiger partial charge on any atom is 0.252 e. The van der Waals surface area contributed by atoms with Crippen LogP contribution in [-0.2, 0) is 0 Å². The van der Waals surface area contributed by atoms with E-state index in [1.165, 1.54) is 12.1 Å². The molecule has 1 nitrogen and oxygen atoms in total. The van der Waals surface area contributed by atoms with Crippen LogP contribution >= 0.6 is 34.8 Å². The standard InChI is InChI=1S/C13H6Cl3FO/c14-11-2-1-7(6-12(11)15)8-3-9(13(16)18)5-10(17)4-8/h1-6H. The largest absolute Gasteiger partial charge is 0.276 e. The normalized spacial score (nSPS) is 10.4. The summed E-state index contributed by atoms with van der Waals surface area (Å²) >= 11 is 17.0. The van der Waals surface area contributed by atoms with E-state index in [0.717, 1.165) is 6.07 Å². The number of benzene rings is 2. The van der Waals surface area contributed by atoms with Gasteiger partial charge in [-0.15, -0.1) is 0 Å². The van der Waals surface area contributed by atoms with Gasteiger partial charge in [0.25, 0.3) is 5.24 Å². The van der Waals surface area contributed by atoms with Gasteiger partial charge in [0.2, 0.25) is 0 Å². The molecule has 2 aromatic carbocycles. The van der Waals surface area contributed by atoms with E-state index < -0.39 is 11.1 Å². The van der Waals surface area contributed by atoms with E-state index in [9.17, 15) is 9.18 Å². The van der Waals surface area contributed by atoms with E-state index in [0.29, 0.717) is 21.2 Å². The first-order valence-corrected chi connectivity index (χ1v) is 6.06. The molecule has 0 fully saturated rings. The summed E-state index contributed by atoms with van der Waals surface area (Å²) in [5.74, 6) is -0.539. The van der Waals surface area contributed by atoms with E-state index in [1.807, 2.05) is 0 Å². The first kappa shape index (κ1) is 13.3. The van der Waals surface area contributed by atoms with Crippen LogP contribution in [0.4, 0.5) is 4.39 Å². The van der Waals surface area contributed by atoms with Crippen LogP contribution in [0.1, 0.15) is 10.4 Å². The van der Waals surface area contributed by atoms with Gasteiger partial charge in [-0.1, -0.05) is 29.3 Å². The van der Waals surface area contributed by atoms with Crippen LogP contribution in [0.3, 0.4) is 0 Å². The van der Waals surface area contributed by atoms with E-state index in [2.05, 4.69) is 0 Å². The molecule has 2 aromatic rings. The maximum absolute atomic E-state index is 13.4. The van der Waals surface area contributed by atoms with Gasteiger partial charge < -0.3 is 0 Å². The number of carbonyl (C=O) groups is 1. The minimum absolute atomic E-state index is 0.0951. The average molecular weight is 304 g/mol. The van der Waals surface area contributed by atoms with Crippen molar-refractivity contribution in [2.75, 3.05) is 0 Å². The number of rotatable bonds is 2. The molecule has 2 rings (SSSR count). The molecule has 0 bridgehead atoms. The zero-order chi connectivity index (χ0) is 13.3. The van der Waals surface area contributed by atoms with Crippen molar-refractivity contribution in [1.82, 2.24) is 0 Å². The molecule has 0 saturated heterocycles. The second kappa shape index (κ2) is 5.27. The fourth-order valence-corrected chi connectivity index (χ4v) is 1.95. The SMILES string of the molecule is O=C(Cl)c1cc(F)cc(-c2ccc(Cl)c(Cl)c2)c1. The number of hydrogen-bond acceptors (Lipinski definition) is 1. The zero-order valence-electron chi connectivity index (χ0n) is 8.88. The monoisotopic (exact) mass is 302 g/mol. The second-order valence-electron chi connectivity index (χ2n) is 3.63. The Balaban J connectivity index is 2.56. The maximum atomic E-state index is 13.4. The Morgan fingerprint density at radius 1 is 0.944 bits per heavy atom. The summed E-state index contributed by atoms with van der Waals surface area (Å²) in [6.07, 6.45) is 0. The first-order valence-electron chi connectivity index (χ1n) is 4.93. The van der Waals surface area contributed by atoms with E-state index in [-0.39, 0.29) is 5.56 Å². The van der Waals surface area contributed by atoms with Crippen LogP contribution in [0, 0.1) is 5.82 Å². The van der Waals surface area contributed by atoms with Crippen LogP contribution in [0.2, 0.25) is 10.0 Å². The summed E-state index contributed by atoms with van der Waals surface area (Å²) in [7, 11) is 0. The highest BCUT2D eigenvalue weighted by molar-refractivity contribution is 6.67. The Morgan fingerprint density at radius 2 is 1.67 bits per heavy atom. The molecule has 0 heterocycles. The van der Waals surface area contributed by atoms with Crippen LogP contribution in [0.25, 0.3) is 11.1 Å². The van der Waals surface area contributed by atoms with Gasteiger partial charge in [0, 0.05) is 5.56 Å². The fraction of sp³-hybridized carbons (Fsp3) is 0. The molecule has 5 heteroatoms. The third-order valence-electron chi connectivity index (χ3n) is 2.38. The molecule has 0 aliphatic rings. The third-order valence-corrected chi connectivity index (χ3v) is 3.33. The van der Waals surface area contributed by atoms with Gasteiger partial charge in [0.05, 0.1) is 10.0 Å². The highest BCUT2D eigenvalue weighted by Gasteiger charge is 2.09. The molecule has 0 saturated carbocycles. The molecule has 0 aliphatic carbocycles. The quantitative estimate of drug-likeness (QED) is 0.699. The predicted molar refractivity (Wildman–Crippen MR) is 72.0 cm³/mol. The fourth-order valence-electron chi connectivity index (χ4n) is 1.55. The van der Waals surface area contributed by atoms with Gasteiger partial charge in [0.1, 0.15) is 5.82 Å². The van der Waals surface area contributed by atoms with Crippen LogP contribution in [0.15, 0.2) is 36.4 Å². The Kier molecular flexibility index (Phi) is 3.91.